The van der Waals surface area contributed by atoms with E-state index in [2.05, 4.69) is 15.6 Å². The minimum atomic E-state index is -0.339. The molecule has 0 saturated carbocycles. The molecule has 2 aromatic carbocycles. The molecule has 0 spiro atoms. The fourth-order valence-electron chi connectivity index (χ4n) is 3.05. The molecule has 4 aromatic rings. The highest BCUT2D eigenvalue weighted by Gasteiger charge is 2.19. The standard InChI is InChI=1S/C24H20ClN3O4S/c1-15-22(33-21(27-15)14-32-17-10-8-16(25)9-11-17)24(30)28-20-7-3-2-6-19(20)23(29)26-13-18-5-4-12-31-18/h2-12H,13-14H2,1H3,(H,26,29)(H,28,30). The first-order valence-corrected chi connectivity index (χ1v) is 11.2. The predicted molar refractivity (Wildman–Crippen MR) is 127 cm³/mol. The van der Waals surface area contributed by atoms with E-state index in [-0.39, 0.29) is 25.0 Å². The minimum Gasteiger partial charge on any atom is -0.486 e. The minimum absolute atomic E-state index is 0.228. The van der Waals surface area contributed by atoms with Gasteiger partial charge in [0.25, 0.3) is 11.8 Å². The van der Waals surface area contributed by atoms with Gasteiger partial charge in [-0.15, -0.1) is 11.3 Å². The number of carbonyl (C=O) groups is 2. The maximum absolute atomic E-state index is 12.9. The number of carbonyl (C=O) groups excluding carboxylic acids is 2. The van der Waals surface area contributed by atoms with Crippen LogP contribution in [-0.4, -0.2) is 16.8 Å². The molecule has 2 heterocycles. The number of hydrogen-bond donors (Lipinski definition) is 2. The van der Waals surface area contributed by atoms with Gasteiger partial charge in [-0.25, -0.2) is 4.98 Å². The van der Waals surface area contributed by atoms with Crippen molar-refractivity contribution in [3.8, 4) is 5.75 Å². The Hall–Kier alpha value is -3.62. The van der Waals surface area contributed by atoms with Gasteiger partial charge in [0.15, 0.2) is 0 Å². The molecule has 0 atom stereocenters. The number of nitrogens with zero attached hydrogens (tertiary/aromatic N) is 1. The van der Waals surface area contributed by atoms with Gasteiger partial charge in [0.1, 0.15) is 28.0 Å². The van der Waals surface area contributed by atoms with Crippen LogP contribution >= 0.6 is 22.9 Å². The molecule has 0 aliphatic heterocycles. The quantitative estimate of drug-likeness (QED) is 0.348. The van der Waals surface area contributed by atoms with Gasteiger partial charge in [0.2, 0.25) is 0 Å². The number of amides is 2. The Bertz CT molecular complexity index is 1250. The van der Waals surface area contributed by atoms with Crippen LogP contribution in [0.3, 0.4) is 0 Å². The summed E-state index contributed by atoms with van der Waals surface area (Å²) in [7, 11) is 0. The normalized spacial score (nSPS) is 10.6. The molecule has 7 nitrogen and oxygen atoms in total. The van der Waals surface area contributed by atoms with E-state index in [9.17, 15) is 9.59 Å². The molecule has 0 unspecified atom stereocenters. The average Bonchev–Trinajstić information content (AvgIpc) is 3.47. The van der Waals surface area contributed by atoms with Gasteiger partial charge in [-0.1, -0.05) is 23.7 Å². The van der Waals surface area contributed by atoms with Gasteiger partial charge in [0.05, 0.1) is 29.8 Å². The molecule has 33 heavy (non-hydrogen) atoms. The third-order valence-corrected chi connectivity index (χ3v) is 6.03. The van der Waals surface area contributed by atoms with Gasteiger partial charge < -0.3 is 19.8 Å². The molecule has 0 bridgehead atoms. The first-order valence-electron chi connectivity index (χ1n) is 10.1. The van der Waals surface area contributed by atoms with Gasteiger partial charge in [-0.3, -0.25) is 9.59 Å². The zero-order chi connectivity index (χ0) is 23.2. The molecule has 0 fully saturated rings. The molecular formula is C24H20ClN3O4S. The largest absolute Gasteiger partial charge is 0.486 e. The molecule has 0 radical (unpaired) electrons. The SMILES string of the molecule is Cc1nc(COc2ccc(Cl)cc2)sc1C(=O)Nc1ccccc1C(=O)NCc1ccco1. The summed E-state index contributed by atoms with van der Waals surface area (Å²) in [5.74, 6) is 0.639. The first kappa shape index (κ1) is 22.6. The lowest BCUT2D eigenvalue weighted by Gasteiger charge is -2.10. The molecule has 0 aliphatic carbocycles. The van der Waals surface area contributed by atoms with Gasteiger partial charge in [0, 0.05) is 5.02 Å². The number of anilines is 1. The van der Waals surface area contributed by atoms with E-state index in [1.165, 1.54) is 11.3 Å². The van der Waals surface area contributed by atoms with Gasteiger partial charge in [-0.05, 0) is 55.5 Å². The number of hydrogen-bond acceptors (Lipinski definition) is 6. The number of thiazole rings is 1. The van der Waals surface area contributed by atoms with Crippen molar-refractivity contribution < 1.29 is 18.7 Å². The Morgan fingerprint density at radius 3 is 2.61 bits per heavy atom. The summed E-state index contributed by atoms with van der Waals surface area (Å²) >= 11 is 7.13. The van der Waals surface area contributed by atoms with Crippen molar-refractivity contribution in [2.24, 2.45) is 0 Å². The molecule has 0 aliphatic rings. The molecule has 2 aromatic heterocycles. The van der Waals surface area contributed by atoms with Crippen LogP contribution in [0.2, 0.25) is 5.02 Å². The molecule has 2 N–H and O–H groups in total. The van der Waals surface area contributed by atoms with Crippen molar-refractivity contribution in [2.75, 3.05) is 5.32 Å². The number of aryl methyl sites for hydroxylation is 1. The van der Waals surface area contributed by atoms with Crippen LogP contribution in [0, 0.1) is 6.92 Å². The fraction of sp³-hybridized carbons (Fsp3) is 0.125. The Morgan fingerprint density at radius 1 is 1.06 bits per heavy atom. The second-order valence-electron chi connectivity index (χ2n) is 7.03. The summed E-state index contributed by atoms with van der Waals surface area (Å²) in [4.78, 5) is 30.5. The number of nitrogens with one attached hydrogen (secondary N) is 2. The first-order chi connectivity index (χ1) is 16.0. The van der Waals surface area contributed by atoms with Gasteiger partial charge >= 0.3 is 0 Å². The van der Waals surface area contributed by atoms with Crippen LogP contribution in [0.15, 0.2) is 71.3 Å². The van der Waals surface area contributed by atoms with Crippen LogP contribution in [0.4, 0.5) is 5.69 Å². The fourth-order valence-corrected chi connectivity index (χ4v) is 4.04. The highest BCUT2D eigenvalue weighted by atomic mass is 35.5. The number of rotatable bonds is 8. The van der Waals surface area contributed by atoms with Crippen molar-refractivity contribution in [1.29, 1.82) is 0 Å². The number of halogens is 1. The van der Waals surface area contributed by atoms with E-state index in [0.29, 0.717) is 43.4 Å². The van der Waals surface area contributed by atoms with Crippen LogP contribution in [0.25, 0.3) is 0 Å². The smallest absolute Gasteiger partial charge is 0.267 e. The molecule has 168 valence electrons. The Kier molecular flexibility index (Phi) is 7.07. The van der Waals surface area contributed by atoms with Crippen LogP contribution < -0.4 is 15.4 Å². The number of aromatic nitrogens is 1. The zero-order valence-electron chi connectivity index (χ0n) is 17.6. The maximum atomic E-state index is 12.9. The predicted octanol–water partition coefficient (Wildman–Crippen LogP) is 5.46. The van der Waals surface area contributed by atoms with E-state index in [4.69, 9.17) is 20.8 Å². The Morgan fingerprint density at radius 2 is 1.85 bits per heavy atom. The lowest BCUT2D eigenvalue weighted by atomic mass is 10.1. The number of benzene rings is 2. The van der Waals surface area contributed by atoms with Crippen LogP contribution in [-0.2, 0) is 13.2 Å². The summed E-state index contributed by atoms with van der Waals surface area (Å²) in [6.45, 7) is 2.24. The topological polar surface area (TPSA) is 93.5 Å². The third-order valence-electron chi connectivity index (χ3n) is 4.65. The third kappa shape index (κ3) is 5.79. The number of para-hydroxylation sites is 1. The summed E-state index contributed by atoms with van der Waals surface area (Å²) in [6, 6.07) is 17.4. The van der Waals surface area contributed by atoms with Crippen LogP contribution in [0.5, 0.6) is 5.75 Å². The zero-order valence-corrected chi connectivity index (χ0v) is 19.2. The molecule has 0 saturated heterocycles. The van der Waals surface area contributed by atoms with Crippen LogP contribution in [0.1, 0.15) is 36.5 Å². The summed E-state index contributed by atoms with van der Waals surface area (Å²) < 4.78 is 11.0. The molecular weight excluding hydrogens is 462 g/mol. The number of ether oxygens (including phenoxy) is 1. The molecule has 2 amide bonds. The highest BCUT2D eigenvalue weighted by Crippen LogP contribution is 2.24. The molecule has 9 heteroatoms. The molecule has 4 rings (SSSR count). The van der Waals surface area contributed by atoms with E-state index < -0.39 is 0 Å². The highest BCUT2D eigenvalue weighted by molar-refractivity contribution is 7.13. The van der Waals surface area contributed by atoms with Crippen molar-refractivity contribution in [1.82, 2.24) is 10.3 Å². The van der Waals surface area contributed by atoms with Crippen molar-refractivity contribution in [3.63, 3.8) is 0 Å². The Labute approximate surface area is 199 Å². The van der Waals surface area contributed by atoms with Crippen molar-refractivity contribution >= 4 is 40.4 Å². The Balaban J connectivity index is 1.42. The van der Waals surface area contributed by atoms with E-state index >= 15 is 0 Å². The van der Waals surface area contributed by atoms with E-state index in [0.717, 1.165) is 0 Å². The second kappa shape index (κ2) is 10.3. The summed E-state index contributed by atoms with van der Waals surface area (Å²) in [5, 5.41) is 6.90. The van der Waals surface area contributed by atoms with E-state index in [1.54, 1.807) is 73.9 Å². The monoisotopic (exact) mass is 481 g/mol. The average molecular weight is 482 g/mol. The number of furan rings is 1. The van der Waals surface area contributed by atoms with Crippen molar-refractivity contribution in [2.45, 2.75) is 20.1 Å². The van der Waals surface area contributed by atoms with E-state index in [1.807, 2.05) is 0 Å². The maximum Gasteiger partial charge on any atom is 0.267 e. The summed E-state index contributed by atoms with van der Waals surface area (Å²) in [6.07, 6.45) is 1.54. The summed E-state index contributed by atoms with van der Waals surface area (Å²) in [5.41, 5.74) is 1.35. The second-order valence-corrected chi connectivity index (χ2v) is 8.55. The lowest BCUT2D eigenvalue weighted by molar-refractivity contribution is 0.0949. The lowest BCUT2D eigenvalue weighted by Crippen LogP contribution is -2.24. The van der Waals surface area contributed by atoms with Gasteiger partial charge in [-0.2, -0.15) is 0 Å². The van der Waals surface area contributed by atoms with Crippen molar-refractivity contribution in [3.05, 3.63) is 98.9 Å².